The molecule has 0 bridgehead atoms. The van der Waals surface area contributed by atoms with Gasteiger partial charge in [0.25, 0.3) is 0 Å². The third kappa shape index (κ3) is 3.40. The molecule has 104 valence electrons. The number of benzene rings is 1. The molecule has 1 aromatic carbocycles. The molecule has 1 aliphatic carbocycles. The van der Waals surface area contributed by atoms with E-state index in [0.29, 0.717) is 17.9 Å². The molecule has 0 amide bonds. The Labute approximate surface area is 114 Å². The second-order valence-corrected chi connectivity index (χ2v) is 4.65. The molecule has 0 saturated heterocycles. The van der Waals surface area contributed by atoms with Gasteiger partial charge >= 0.3 is 0 Å². The maximum absolute atomic E-state index is 7.93. The second kappa shape index (κ2) is 6.45. The van der Waals surface area contributed by atoms with Crippen LogP contribution < -0.4 is 9.47 Å². The lowest BCUT2D eigenvalue weighted by atomic mass is 10.1. The normalized spacial score (nSPS) is 15.3. The highest BCUT2D eigenvalue weighted by atomic mass is 16.5. The number of hydrogen-bond acceptors (Lipinski definition) is 4. The first-order chi connectivity index (χ1) is 9.24. The lowest BCUT2D eigenvalue weighted by Crippen LogP contribution is -2.15. The predicted octanol–water partition coefficient (Wildman–Crippen LogP) is 3.38. The lowest BCUT2D eigenvalue weighted by Gasteiger charge is -2.17. The Morgan fingerprint density at radius 3 is 2.68 bits per heavy atom. The van der Waals surface area contributed by atoms with Crippen molar-refractivity contribution in [2.75, 3.05) is 13.7 Å². The van der Waals surface area contributed by atoms with Crippen molar-refractivity contribution in [3.8, 4) is 11.5 Å². The largest absolute Gasteiger partial charge is 0.497 e. The first-order valence-corrected chi connectivity index (χ1v) is 6.81. The van der Waals surface area contributed by atoms with E-state index in [2.05, 4.69) is 0 Å². The number of nitrogens with one attached hydrogen (secondary N) is 1. The summed E-state index contributed by atoms with van der Waals surface area (Å²) >= 11 is 0. The van der Waals surface area contributed by atoms with Gasteiger partial charge in [-0.3, -0.25) is 5.41 Å². The van der Waals surface area contributed by atoms with Crippen LogP contribution in [0, 0.1) is 5.41 Å². The molecule has 19 heavy (non-hydrogen) atoms. The van der Waals surface area contributed by atoms with Crippen molar-refractivity contribution in [3.05, 3.63) is 23.8 Å². The summed E-state index contributed by atoms with van der Waals surface area (Å²) in [5.74, 6) is 1.57. The first kappa shape index (κ1) is 13.7. The van der Waals surface area contributed by atoms with Crippen molar-refractivity contribution in [1.29, 1.82) is 5.41 Å². The smallest absolute Gasteiger partial charge is 0.217 e. The Balaban J connectivity index is 2.22. The number of methoxy groups -OCH3 is 1. The van der Waals surface area contributed by atoms with Crippen molar-refractivity contribution < 1.29 is 14.2 Å². The van der Waals surface area contributed by atoms with Gasteiger partial charge in [-0.15, -0.1) is 0 Å². The molecule has 1 fully saturated rings. The molecule has 1 N–H and O–H groups in total. The number of rotatable bonds is 5. The Morgan fingerprint density at radius 2 is 2.05 bits per heavy atom. The Hall–Kier alpha value is -1.71. The topological polar surface area (TPSA) is 51.5 Å². The van der Waals surface area contributed by atoms with Gasteiger partial charge in [0, 0.05) is 6.07 Å². The van der Waals surface area contributed by atoms with Crippen molar-refractivity contribution in [1.82, 2.24) is 0 Å². The van der Waals surface area contributed by atoms with E-state index in [1.54, 1.807) is 7.11 Å². The van der Waals surface area contributed by atoms with Crippen LogP contribution in [0.2, 0.25) is 0 Å². The van der Waals surface area contributed by atoms with Crippen LogP contribution in [0.3, 0.4) is 0 Å². The molecular formula is C15H21NO3. The summed E-state index contributed by atoms with van der Waals surface area (Å²) in [7, 11) is 1.63. The fraction of sp³-hybridized carbons (Fsp3) is 0.533. The van der Waals surface area contributed by atoms with Crippen LogP contribution in [0.4, 0.5) is 0 Å². The van der Waals surface area contributed by atoms with Crippen molar-refractivity contribution in [3.63, 3.8) is 0 Å². The molecule has 1 aliphatic rings. The van der Waals surface area contributed by atoms with Crippen LogP contribution in [-0.2, 0) is 4.74 Å². The van der Waals surface area contributed by atoms with E-state index in [4.69, 9.17) is 19.6 Å². The summed E-state index contributed by atoms with van der Waals surface area (Å²) in [6.45, 7) is 2.35. The maximum atomic E-state index is 7.93. The molecule has 1 aromatic rings. The van der Waals surface area contributed by atoms with Crippen molar-refractivity contribution >= 4 is 5.90 Å². The second-order valence-electron chi connectivity index (χ2n) is 4.65. The van der Waals surface area contributed by atoms with Gasteiger partial charge in [0.05, 0.1) is 25.4 Å². The molecule has 0 radical (unpaired) electrons. The summed E-state index contributed by atoms with van der Waals surface area (Å²) in [6.07, 6.45) is 4.84. The summed E-state index contributed by atoms with van der Waals surface area (Å²) in [6, 6.07) is 5.48. The van der Waals surface area contributed by atoms with Gasteiger partial charge in [0.15, 0.2) is 0 Å². The Bertz CT molecular complexity index is 439. The van der Waals surface area contributed by atoms with Crippen LogP contribution in [0.25, 0.3) is 0 Å². The molecule has 1 saturated carbocycles. The van der Waals surface area contributed by atoms with Gasteiger partial charge in [-0.25, -0.2) is 0 Å². The zero-order valence-electron chi connectivity index (χ0n) is 11.6. The Kier molecular flexibility index (Phi) is 4.66. The van der Waals surface area contributed by atoms with E-state index in [9.17, 15) is 0 Å². The monoisotopic (exact) mass is 263 g/mol. The van der Waals surface area contributed by atoms with Crippen molar-refractivity contribution in [2.45, 2.75) is 38.7 Å². The number of ether oxygens (including phenoxy) is 3. The molecule has 4 nitrogen and oxygen atoms in total. The SMILES string of the molecule is CCOC(=N)c1ccc(OC)cc1OC1CCCC1. The van der Waals surface area contributed by atoms with Crippen molar-refractivity contribution in [2.24, 2.45) is 0 Å². The fourth-order valence-electron chi connectivity index (χ4n) is 2.32. The molecule has 2 rings (SSSR count). The summed E-state index contributed by atoms with van der Waals surface area (Å²) in [5, 5.41) is 7.93. The third-order valence-corrected chi connectivity index (χ3v) is 3.32. The molecule has 0 atom stereocenters. The van der Waals surface area contributed by atoms with Crippen LogP contribution >= 0.6 is 0 Å². The minimum absolute atomic E-state index is 0.151. The summed E-state index contributed by atoms with van der Waals surface area (Å²) in [4.78, 5) is 0. The van der Waals surface area contributed by atoms with Gasteiger partial charge < -0.3 is 14.2 Å². The minimum Gasteiger partial charge on any atom is -0.497 e. The molecule has 0 unspecified atom stereocenters. The standard InChI is InChI=1S/C15H21NO3/c1-3-18-15(16)13-9-8-12(17-2)10-14(13)19-11-6-4-5-7-11/h8-11,16H,3-7H2,1-2H3. The van der Waals surface area contributed by atoms with E-state index >= 15 is 0 Å². The highest BCUT2D eigenvalue weighted by Gasteiger charge is 2.20. The van der Waals surface area contributed by atoms with Gasteiger partial charge in [-0.05, 0) is 44.7 Å². The van der Waals surface area contributed by atoms with E-state index in [1.807, 2.05) is 25.1 Å². The average molecular weight is 263 g/mol. The van der Waals surface area contributed by atoms with Gasteiger partial charge in [-0.2, -0.15) is 0 Å². The first-order valence-electron chi connectivity index (χ1n) is 6.81. The molecule has 0 aliphatic heterocycles. The van der Waals surface area contributed by atoms with Crippen LogP contribution in [0.1, 0.15) is 38.2 Å². The molecule has 4 heteroatoms. The number of hydrogen-bond donors (Lipinski definition) is 1. The van der Waals surface area contributed by atoms with Crippen LogP contribution in [0.15, 0.2) is 18.2 Å². The summed E-state index contributed by atoms with van der Waals surface area (Å²) in [5.41, 5.74) is 0.689. The molecule has 0 aromatic heterocycles. The zero-order chi connectivity index (χ0) is 13.7. The van der Waals surface area contributed by atoms with E-state index < -0.39 is 0 Å². The Morgan fingerprint density at radius 1 is 1.32 bits per heavy atom. The maximum Gasteiger partial charge on any atom is 0.217 e. The molecule has 0 spiro atoms. The van der Waals surface area contributed by atoms with Gasteiger partial charge in [0.1, 0.15) is 11.5 Å². The van der Waals surface area contributed by atoms with Gasteiger partial charge in [-0.1, -0.05) is 0 Å². The highest BCUT2D eigenvalue weighted by molar-refractivity contribution is 5.94. The zero-order valence-corrected chi connectivity index (χ0v) is 11.6. The minimum atomic E-state index is 0.151. The predicted molar refractivity (Wildman–Crippen MR) is 74.3 cm³/mol. The highest BCUT2D eigenvalue weighted by Crippen LogP contribution is 2.30. The fourth-order valence-corrected chi connectivity index (χ4v) is 2.32. The van der Waals surface area contributed by atoms with Crippen LogP contribution in [-0.4, -0.2) is 25.7 Å². The third-order valence-electron chi connectivity index (χ3n) is 3.32. The van der Waals surface area contributed by atoms with E-state index in [0.717, 1.165) is 18.6 Å². The molecular weight excluding hydrogens is 242 g/mol. The van der Waals surface area contributed by atoms with Crippen LogP contribution in [0.5, 0.6) is 11.5 Å². The lowest BCUT2D eigenvalue weighted by molar-refractivity contribution is 0.207. The average Bonchev–Trinajstić information content (AvgIpc) is 2.91. The van der Waals surface area contributed by atoms with E-state index in [1.165, 1.54) is 12.8 Å². The van der Waals surface area contributed by atoms with E-state index in [-0.39, 0.29) is 12.0 Å². The van der Waals surface area contributed by atoms with Gasteiger partial charge in [0.2, 0.25) is 5.90 Å². The quantitative estimate of drug-likeness (QED) is 0.654. The summed E-state index contributed by atoms with van der Waals surface area (Å²) < 4.78 is 16.5. The molecule has 0 heterocycles.